The van der Waals surface area contributed by atoms with E-state index in [4.69, 9.17) is 9.90 Å². The second-order valence-electron chi connectivity index (χ2n) is 10.6. The first-order valence-electron chi connectivity index (χ1n) is 13.4. The number of halogens is 3. The molecule has 2 fully saturated rings. The Hall–Kier alpha value is -3.32. The van der Waals surface area contributed by atoms with Crippen molar-refractivity contribution in [3.8, 4) is 0 Å². The van der Waals surface area contributed by atoms with Crippen LogP contribution in [0.5, 0.6) is 0 Å². The smallest absolute Gasteiger partial charge is 0.478 e. The first kappa shape index (κ1) is 32.2. The molecule has 0 bridgehead atoms. The van der Waals surface area contributed by atoms with Gasteiger partial charge in [0.1, 0.15) is 0 Å². The minimum atomic E-state index is -5.08. The summed E-state index contributed by atoms with van der Waals surface area (Å²) in [6.07, 6.45) is -0.375. The zero-order chi connectivity index (χ0) is 30.4. The number of aliphatic carboxylic acids is 1. The Morgan fingerprint density at radius 2 is 1.61 bits per heavy atom. The number of carboxylic acid groups (broad SMARTS) is 2. The minimum Gasteiger partial charge on any atom is -0.478 e. The Balaban J connectivity index is 0.000000587. The number of hydrogen-bond donors (Lipinski definition) is 3. The van der Waals surface area contributed by atoms with Crippen molar-refractivity contribution in [1.29, 1.82) is 0 Å². The van der Waals surface area contributed by atoms with E-state index in [1.54, 1.807) is 24.3 Å². The van der Waals surface area contributed by atoms with Gasteiger partial charge in [-0.15, -0.1) is 0 Å². The molecule has 13 heteroatoms. The number of aromatic carboxylic acids is 1. The Kier molecular flexibility index (Phi) is 10.6. The molecule has 0 amide bonds. The molecular weight excluding hydrogens is 563 g/mol. The van der Waals surface area contributed by atoms with E-state index < -0.39 is 28.1 Å². The van der Waals surface area contributed by atoms with Crippen molar-refractivity contribution in [3.05, 3.63) is 53.6 Å². The van der Waals surface area contributed by atoms with Gasteiger partial charge in [0.05, 0.1) is 21.8 Å². The van der Waals surface area contributed by atoms with Crippen LogP contribution in [0.15, 0.2) is 47.4 Å². The molecule has 2 aliphatic heterocycles. The third kappa shape index (κ3) is 9.09. The number of rotatable bonds is 8. The topological polar surface area (TPSA) is 127 Å². The van der Waals surface area contributed by atoms with Gasteiger partial charge in [-0.3, -0.25) is 4.72 Å². The van der Waals surface area contributed by atoms with Crippen LogP contribution in [-0.2, 0) is 14.8 Å². The maximum atomic E-state index is 13.2. The van der Waals surface area contributed by atoms with Gasteiger partial charge in [0.2, 0.25) is 0 Å². The molecule has 1 unspecified atom stereocenters. The van der Waals surface area contributed by atoms with Crippen molar-refractivity contribution in [2.75, 3.05) is 42.3 Å². The molecule has 9 nitrogen and oxygen atoms in total. The molecule has 2 aliphatic rings. The lowest BCUT2D eigenvalue weighted by Crippen LogP contribution is -2.40. The molecular formula is C28H36F3N3O6S. The van der Waals surface area contributed by atoms with Crippen LogP contribution in [0.1, 0.15) is 61.4 Å². The van der Waals surface area contributed by atoms with E-state index in [9.17, 15) is 31.5 Å². The zero-order valence-electron chi connectivity index (χ0n) is 23.0. The maximum absolute atomic E-state index is 13.2. The van der Waals surface area contributed by atoms with Crippen LogP contribution in [0, 0.1) is 5.92 Å². The zero-order valence-corrected chi connectivity index (χ0v) is 23.8. The van der Waals surface area contributed by atoms with Gasteiger partial charge in [-0.25, -0.2) is 18.0 Å². The molecule has 0 radical (unpaired) electrons. The summed E-state index contributed by atoms with van der Waals surface area (Å²) in [6, 6.07) is 11.6. The fraction of sp³-hybridized carbons (Fsp3) is 0.500. The van der Waals surface area contributed by atoms with Gasteiger partial charge in [-0.2, -0.15) is 13.2 Å². The number of benzene rings is 2. The van der Waals surface area contributed by atoms with Crippen LogP contribution in [0.4, 0.5) is 24.5 Å². The third-order valence-corrected chi connectivity index (χ3v) is 8.54. The van der Waals surface area contributed by atoms with Crippen molar-refractivity contribution < 1.29 is 41.4 Å². The molecule has 3 N–H and O–H groups in total. The summed E-state index contributed by atoms with van der Waals surface area (Å²) < 4.78 is 60.8. The van der Waals surface area contributed by atoms with Crippen molar-refractivity contribution >= 4 is 33.3 Å². The molecule has 0 spiro atoms. The van der Waals surface area contributed by atoms with Crippen molar-refractivity contribution in [1.82, 2.24) is 4.90 Å². The molecule has 2 heterocycles. The number of hydrogen-bond acceptors (Lipinski definition) is 6. The summed E-state index contributed by atoms with van der Waals surface area (Å²) in [4.78, 5) is 25.4. The first-order valence-corrected chi connectivity index (χ1v) is 14.9. The van der Waals surface area contributed by atoms with Crippen LogP contribution in [0.3, 0.4) is 0 Å². The Morgan fingerprint density at radius 3 is 2.15 bits per heavy atom. The monoisotopic (exact) mass is 599 g/mol. The molecule has 0 aromatic heterocycles. The van der Waals surface area contributed by atoms with Crippen molar-refractivity contribution in [2.45, 2.75) is 56.5 Å². The van der Waals surface area contributed by atoms with Crippen LogP contribution >= 0.6 is 0 Å². The molecule has 2 aromatic carbocycles. The number of carboxylic acids is 2. The molecule has 0 saturated carbocycles. The average Bonchev–Trinajstić information content (AvgIpc) is 3.41. The number of sulfonamides is 1. The van der Waals surface area contributed by atoms with Crippen LogP contribution in [0.2, 0.25) is 0 Å². The largest absolute Gasteiger partial charge is 0.490 e. The molecule has 1 atom stereocenters. The number of nitrogens with zero attached hydrogens (tertiary/aromatic N) is 2. The van der Waals surface area contributed by atoms with Crippen LogP contribution < -0.4 is 9.62 Å². The van der Waals surface area contributed by atoms with E-state index in [0.717, 1.165) is 56.8 Å². The van der Waals surface area contributed by atoms with Gasteiger partial charge in [0, 0.05) is 19.6 Å². The second kappa shape index (κ2) is 13.6. The van der Waals surface area contributed by atoms with E-state index in [0.29, 0.717) is 17.5 Å². The predicted octanol–water partition coefficient (Wildman–Crippen LogP) is 5.25. The predicted molar refractivity (Wildman–Crippen MR) is 149 cm³/mol. The number of alkyl halides is 3. The molecule has 2 saturated heterocycles. The van der Waals surface area contributed by atoms with Gasteiger partial charge in [0.15, 0.2) is 0 Å². The van der Waals surface area contributed by atoms with E-state index in [1.165, 1.54) is 18.9 Å². The molecule has 226 valence electrons. The number of carbonyl (C=O) groups is 2. The summed E-state index contributed by atoms with van der Waals surface area (Å²) in [7, 11) is -3.87. The van der Waals surface area contributed by atoms with Gasteiger partial charge in [-0.05, 0) is 86.5 Å². The van der Waals surface area contributed by atoms with Crippen LogP contribution in [0.25, 0.3) is 0 Å². The number of nitrogens with one attached hydrogen (secondary N) is 1. The third-order valence-electron chi connectivity index (χ3n) is 7.16. The number of likely N-dealkylation sites (tertiary alicyclic amines) is 1. The summed E-state index contributed by atoms with van der Waals surface area (Å²) in [6.45, 7) is 9.14. The summed E-state index contributed by atoms with van der Waals surface area (Å²) in [5.74, 6) is -3.03. The summed E-state index contributed by atoms with van der Waals surface area (Å²) in [5.41, 5.74) is 2.17. The fourth-order valence-electron chi connectivity index (χ4n) is 5.03. The SMILES string of the molecule is CC(C)c1ccc(S(=O)(=O)Nc2cc(C(=O)O)ccc2N2CCCC(CN3CCCC3)C2)cc1.O=C(O)C(F)(F)F. The van der Waals surface area contributed by atoms with E-state index in [1.807, 2.05) is 12.1 Å². The highest BCUT2D eigenvalue weighted by molar-refractivity contribution is 7.92. The molecule has 4 rings (SSSR count). The molecule has 0 aliphatic carbocycles. The standard InChI is InChI=1S/C26H35N3O4S.C2HF3O2/c1-19(2)21-7-10-23(11-8-21)34(32,33)27-24-16-22(26(30)31)9-12-25(24)29-15-5-6-20(18-29)17-28-13-3-4-14-28;3-2(4,5)1(6)7/h7-12,16,19-20,27H,3-6,13-15,17-18H2,1-2H3,(H,30,31);(H,6,7). The Bertz CT molecular complexity index is 1310. The molecule has 41 heavy (non-hydrogen) atoms. The van der Waals surface area contributed by atoms with Gasteiger partial charge in [0.25, 0.3) is 10.0 Å². The van der Waals surface area contributed by atoms with Gasteiger partial charge >= 0.3 is 18.1 Å². The molecule has 2 aromatic rings. The Labute approximate surface area is 238 Å². The van der Waals surface area contributed by atoms with Crippen molar-refractivity contribution in [2.24, 2.45) is 5.92 Å². The average molecular weight is 600 g/mol. The van der Waals surface area contributed by atoms with E-state index in [2.05, 4.69) is 28.4 Å². The number of piperidine rings is 1. The van der Waals surface area contributed by atoms with E-state index in [-0.39, 0.29) is 10.5 Å². The number of anilines is 2. The normalized spacial score (nSPS) is 18.1. The first-order chi connectivity index (χ1) is 19.2. The Morgan fingerprint density at radius 1 is 1.00 bits per heavy atom. The summed E-state index contributed by atoms with van der Waals surface area (Å²) in [5, 5.41) is 16.6. The summed E-state index contributed by atoms with van der Waals surface area (Å²) >= 11 is 0. The lowest BCUT2D eigenvalue weighted by atomic mass is 9.96. The van der Waals surface area contributed by atoms with Crippen LogP contribution in [-0.4, -0.2) is 74.4 Å². The van der Waals surface area contributed by atoms with Crippen molar-refractivity contribution in [3.63, 3.8) is 0 Å². The maximum Gasteiger partial charge on any atom is 0.490 e. The highest BCUT2D eigenvalue weighted by Crippen LogP contribution is 2.33. The quantitative estimate of drug-likeness (QED) is 0.375. The van der Waals surface area contributed by atoms with Gasteiger partial charge in [-0.1, -0.05) is 26.0 Å². The lowest BCUT2D eigenvalue weighted by Gasteiger charge is -2.37. The highest BCUT2D eigenvalue weighted by atomic mass is 32.2. The van der Waals surface area contributed by atoms with E-state index >= 15 is 0 Å². The highest BCUT2D eigenvalue weighted by Gasteiger charge is 2.38. The lowest BCUT2D eigenvalue weighted by molar-refractivity contribution is -0.192. The minimum absolute atomic E-state index is 0.0576. The van der Waals surface area contributed by atoms with Gasteiger partial charge < -0.3 is 20.0 Å². The fourth-order valence-corrected chi connectivity index (χ4v) is 6.09. The second-order valence-corrected chi connectivity index (χ2v) is 12.3.